The Morgan fingerprint density at radius 1 is 1.19 bits per heavy atom. The van der Waals surface area contributed by atoms with Crippen molar-refractivity contribution in [1.82, 2.24) is 14.9 Å². The number of aryl methyl sites for hydroxylation is 2. The van der Waals surface area contributed by atoms with E-state index in [1.165, 1.54) is 10.6 Å². The van der Waals surface area contributed by atoms with Crippen LogP contribution in [0.3, 0.4) is 0 Å². The van der Waals surface area contributed by atoms with Crippen LogP contribution in [0.25, 0.3) is 10.9 Å². The van der Waals surface area contributed by atoms with Crippen LogP contribution in [0.4, 0.5) is 4.39 Å². The van der Waals surface area contributed by atoms with E-state index in [1.807, 2.05) is 6.07 Å². The number of rotatable bonds is 5. The Bertz CT molecular complexity index is 1030. The summed E-state index contributed by atoms with van der Waals surface area (Å²) in [5, 5.41) is 3.34. The zero-order valence-corrected chi connectivity index (χ0v) is 14.8. The van der Waals surface area contributed by atoms with E-state index in [2.05, 4.69) is 10.3 Å². The first kappa shape index (κ1) is 17.8. The van der Waals surface area contributed by atoms with Crippen molar-refractivity contribution in [3.05, 3.63) is 75.6 Å². The standard InChI is InChI=1S/C20H20FN3O2/c1-13-11-15(7-8-17(13)21)12-22-19(25)9-10-24-14(2)23-18-6-4-3-5-16(18)20(24)26/h3-8,11H,9-10,12H2,1-2H3,(H,22,25). The maximum atomic E-state index is 13.3. The van der Waals surface area contributed by atoms with Crippen molar-refractivity contribution in [3.63, 3.8) is 0 Å². The van der Waals surface area contributed by atoms with Gasteiger partial charge in [0.2, 0.25) is 5.91 Å². The van der Waals surface area contributed by atoms with Crippen LogP contribution in [-0.2, 0) is 17.9 Å². The number of nitrogens with zero attached hydrogens (tertiary/aromatic N) is 2. The smallest absolute Gasteiger partial charge is 0.261 e. The number of aromatic nitrogens is 2. The topological polar surface area (TPSA) is 64.0 Å². The summed E-state index contributed by atoms with van der Waals surface area (Å²) >= 11 is 0. The molecule has 0 aliphatic carbocycles. The Hall–Kier alpha value is -3.02. The van der Waals surface area contributed by atoms with E-state index in [0.717, 1.165) is 5.56 Å². The van der Waals surface area contributed by atoms with Crippen LogP contribution in [0, 0.1) is 19.7 Å². The van der Waals surface area contributed by atoms with Crippen LogP contribution in [0.2, 0.25) is 0 Å². The van der Waals surface area contributed by atoms with Gasteiger partial charge in [-0.2, -0.15) is 0 Å². The molecule has 26 heavy (non-hydrogen) atoms. The van der Waals surface area contributed by atoms with Gasteiger partial charge in [-0.15, -0.1) is 0 Å². The average molecular weight is 353 g/mol. The Labute approximate surface area is 150 Å². The molecule has 0 spiro atoms. The monoisotopic (exact) mass is 353 g/mol. The second kappa shape index (κ2) is 7.47. The first-order valence-electron chi connectivity index (χ1n) is 8.43. The Morgan fingerprint density at radius 2 is 1.96 bits per heavy atom. The van der Waals surface area contributed by atoms with E-state index < -0.39 is 0 Å². The van der Waals surface area contributed by atoms with Crippen LogP contribution in [0.15, 0.2) is 47.3 Å². The third-order valence-electron chi connectivity index (χ3n) is 4.33. The molecule has 1 amide bonds. The molecule has 2 aromatic carbocycles. The fourth-order valence-corrected chi connectivity index (χ4v) is 2.86. The molecule has 6 heteroatoms. The van der Waals surface area contributed by atoms with Crippen molar-refractivity contribution in [2.45, 2.75) is 33.4 Å². The predicted octanol–water partition coefficient (Wildman–Crippen LogP) is 2.86. The SMILES string of the molecule is Cc1cc(CNC(=O)CCn2c(C)nc3ccccc3c2=O)ccc1F. The van der Waals surface area contributed by atoms with Gasteiger partial charge < -0.3 is 5.32 Å². The summed E-state index contributed by atoms with van der Waals surface area (Å²) in [5.74, 6) is 0.140. The lowest BCUT2D eigenvalue weighted by molar-refractivity contribution is -0.121. The Kier molecular flexibility index (Phi) is 5.11. The van der Waals surface area contributed by atoms with Gasteiger partial charge in [-0.1, -0.05) is 24.3 Å². The van der Waals surface area contributed by atoms with Gasteiger partial charge in [0.25, 0.3) is 5.56 Å². The summed E-state index contributed by atoms with van der Waals surface area (Å²) in [6, 6.07) is 11.9. The minimum absolute atomic E-state index is 0.143. The van der Waals surface area contributed by atoms with Gasteiger partial charge in [0, 0.05) is 19.5 Å². The number of carbonyl (C=O) groups excluding carboxylic acids is 1. The summed E-state index contributed by atoms with van der Waals surface area (Å²) in [6.45, 7) is 4.02. The van der Waals surface area contributed by atoms with Crippen LogP contribution >= 0.6 is 0 Å². The highest BCUT2D eigenvalue weighted by Crippen LogP contribution is 2.10. The lowest BCUT2D eigenvalue weighted by Crippen LogP contribution is -2.29. The molecule has 0 saturated carbocycles. The van der Waals surface area contributed by atoms with Gasteiger partial charge in [0.15, 0.2) is 0 Å². The van der Waals surface area contributed by atoms with E-state index in [-0.39, 0.29) is 30.2 Å². The molecule has 0 aliphatic rings. The summed E-state index contributed by atoms with van der Waals surface area (Å²) in [6.07, 6.45) is 0.168. The molecule has 5 nitrogen and oxygen atoms in total. The highest BCUT2D eigenvalue weighted by atomic mass is 19.1. The minimum Gasteiger partial charge on any atom is -0.352 e. The van der Waals surface area contributed by atoms with E-state index in [1.54, 1.807) is 44.2 Å². The number of carbonyl (C=O) groups is 1. The van der Waals surface area contributed by atoms with Gasteiger partial charge >= 0.3 is 0 Å². The summed E-state index contributed by atoms with van der Waals surface area (Å²) < 4.78 is 14.8. The van der Waals surface area contributed by atoms with E-state index in [4.69, 9.17) is 0 Å². The van der Waals surface area contributed by atoms with Gasteiger partial charge in [-0.25, -0.2) is 9.37 Å². The number of para-hydroxylation sites is 1. The molecule has 0 fully saturated rings. The number of fused-ring (bicyclic) bond motifs is 1. The summed E-state index contributed by atoms with van der Waals surface area (Å²) in [7, 11) is 0. The maximum Gasteiger partial charge on any atom is 0.261 e. The highest BCUT2D eigenvalue weighted by Gasteiger charge is 2.10. The van der Waals surface area contributed by atoms with E-state index in [9.17, 15) is 14.0 Å². The minimum atomic E-state index is -0.265. The number of hydrogen-bond donors (Lipinski definition) is 1. The van der Waals surface area contributed by atoms with E-state index in [0.29, 0.717) is 28.8 Å². The second-order valence-electron chi connectivity index (χ2n) is 6.24. The summed E-state index contributed by atoms with van der Waals surface area (Å²) in [4.78, 5) is 29.1. The molecule has 0 radical (unpaired) electrons. The lowest BCUT2D eigenvalue weighted by Gasteiger charge is -2.11. The van der Waals surface area contributed by atoms with Crippen molar-refractivity contribution in [2.24, 2.45) is 0 Å². The molecular weight excluding hydrogens is 333 g/mol. The van der Waals surface area contributed by atoms with Crippen molar-refractivity contribution in [1.29, 1.82) is 0 Å². The van der Waals surface area contributed by atoms with Crippen molar-refractivity contribution in [2.75, 3.05) is 0 Å². The number of benzene rings is 2. The van der Waals surface area contributed by atoms with Gasteiger partial charge in [-0.3, -0.25) is 14.2 Å². The third-order valence-corrected chi connectivity index (χ3v) is 4.33. The Balaban J connectivity index is 1.65. The predicted molar refractivity (Wildman–Crippen MR) is 98.3 cm³/mol. The summed E-state index contributed by atoms with van der Waals surface area (Å²) in [5.41, 5.74) is 1.89. The molecule has 1 aromatic heterocycles. The molecule has 0 bridgehead atoms. The fraction of sp³-hybridized carbons (Fsp3) is 0.250. The third kappa shape index (κ3) is 3.79. The lowest BCUT2D eigenvalue weighted by atomic mass is 10.1. The van der Waals surface area contributed by atoms with Crippen molar-refractivity contribution < 1.29 is 9.18 Å². The molecule has 1 N–H and O–H groups in total. The van der Waals surface area contributed by atoms with Crippen molar-refractivity contribution >= 4 is 16.8 Å². The molecule has 134 valence electrons. The quantitative estimate of drug-likeness (QED) is 0.767. The zero-order chi connectivity index (χ0) is 18.7. The second-order valence-corrected chi connectivity index (χ2v) is 6.24. The normalized spacial score (nSPS) is 10.9. The van der Waals surface area contributed by atoms with Crippen molar-refractivity contribution in [3.8, 4) is 0 Å². The average Bonchev–Trinajstić information content (AvgIpc) is 2.62. The number of nitrogens with one attached hydrogen (secondary N) is 1. The van der Waals surface area contributed by atoms with Crippen LogP contribution in [0.5, 0.6) is 0 Å². The largest absolute Gasteiger partial charge is 0.352 e. The molecule has 3 aromatic rings. The number of halogens is 1. The molecule has 0 unspecified atom stereocenters. The fourth-order valence-electron chi connectivity index (χ4n) is 2.86. The first-order valence-corrected chi connectivity index (χ1v) is 8.43. The first-order chi connectivity index (χ1) is 12.5. The number of hydrogen-bond acceptors (Lipinski definition) is 3. The van der Waals surface area contributed by atoms with Gasteiger partial charge in [-0.05, 0) is 43.2 Å². The maximum absolute atomic E-state index is 13.3. The van der Waals surface area contributed by atoms with Crippen LogP contribution in [-0.4, -0.2) is 15.5 Å². The van der Waals surface area contributed by atoms with Crippen LogP contribution in [0.1, 0.15) is 23.4 Å². The Morgan fingerprint density at radius 3 is 2.73 bits per heavy atom. The molecule has 3 rings (SSSR count). The molecule has 0 saturated heterocycles. The molecule has 0 atom stereocenters. The number of amides is 1. The van der Waals surface area contributed by atoms with E-state index >= 15 is 0 Å². The molecular formula is C20H20FN3O2. The molecule has 0 aliphatic heterocycles. The van der Waals surface area contributed by atoms with Gasteiger partial charge in [0.1, 0.15) is 11.6 Å². The van der Waals surface area contributed by atoms with Gasteiger partial charge in [0.05, 0.1) is 10.9 Å². The zero-order valence-electron chi connectivity index (χ0n) is 14.8. The highest BCUT2D eigenvalue weighted by molar-refractivity contribution is 5.78. The molecule has 1 heterocycles. The van der Waals surface area contributed by atoms with Crippen LogP contribution < -0.4 is 10.9 Å².